The van der Waals surface area contributed by atoms with Crippen molar-refractivity contribution in [3.05, 3.63) is 59.7 Å². The SMILES string of the molecule is Cn1nccc1C1=CCN(CC(O)c2ccc(F)cc2)CC1. The number of aryl methyl sites for hydroxylation is 1. The molecule has 4 nitrogen and oxygen atoms in total. The van der Waals surface area contributed by atoms with Crippen LogP contribution < -0.4 is 0 Å². The summed E-state index contributed by atoms with van der Waals surface area (Å²) < 4.78 is 14.8. The summed E-state index contributed by atoms with van der Waals surface area (Å²) in [6.45, 7) is 2.26. The molecule has 0 spiro atoms. The van der Waals surface area contributed by atoms with Crippen LogP contribution in [0, 0.1) is 5.82 Å². The van der Waals surface area contributed by atoms with E-state index in [4.69, 9.17) is 0 Å². The first-order valence-corrected chi connectivity index (χ1v) is 7.47. The van der Waals surface area contributed by atoms with E-state index < -0.39 is 6.10 Å². The molecule has 5 heteroatoms. The number of β-amino-alcohol motifs (C(OH)–C–C–N with tert-alkyl or cyclic N) is 1. The third kappa shape index (κ3) is 3.26. The molecule has 0 radical (unpaired) electrons. The van der Waals surface area contributed by atoms with Gasteiger partial charge in [-0.25, -0.2) is 4.39 Å². The first kappa shape index (κ1) is 14.9. The summed E-state index contributed by atoms with van der Waals surface area (Å²) in [5.41, 5.74) is 3.20. The van der Waals surface area contributed by atoms with Gasteiger partial charge in [-0.3, -0.25) is 9.58 Å². The summed E-state index contributed by atoms with van der Waals surface area (Å²) in [7, 11) is 1.95. The van der Waals surface area contributed by atoms with Crippen LogP contribution in [0.15, 0.2) is 42.6 Å². The molecule has 1 aliphatic rings. The average molecular weight is 301 g/mol. The molecular weight excluding hydrogens is 281 g/mol. The highest BCUT2D eigenvalue weighted by molar-refractivity contribution is 5.63. The number of hydrogen-bond acceptors (Lipinski definition) is 3. The third-order valence-corrected chi connectivity index (χ3v) is 4.13. The second kappa shape index (κ2) is 6.42. The van der Waals surface area contributed by atoms with Gasteiger partial charge in [0.2, 0.25) is 0 Å². The quantitative estimate of drug-likeness (QED) is 0.942. The minimum Gasteiger partial charge on any atom is -0.387 e. The zero-order valence-corrected chi connectivity index (χ0v) is 12.6. The van der Waals surface area contributed by atoms with Crippen LogP contribution in [-0.2, 0) is 7.05 Å². The van der Waals surface area contributed by atoms with Crippen LogP contribution in [-0.4, -0.2) is 39.4 Å². The summed E-state index contributed by atoms with van der Waals surface area (Å²) in [6, 6.07) is 8.07. The topological polar surface area (TPSA) is 41.3 Å². The molecule has 1 N–H and O–H groups in total. The van der Waals surface area contributed by atoms with E-state index in [0.29, 0.717) is 6.54 Å². The fraction of sp³-hybridized carbons (Fsp3) is 0.353. The van der Waals surface area contributed by atoms with Gasteiger partial charge in [-0.15, -0.1) is 0 Å². The number of nitrogens with zero attached hydrogens (tertiary/aromatic N) is 3. The first-order valence-electron chi connectivity index (χ1n) is 7.47. The normalized spacial score (nSPS) is 17.3. The largest absolute Gasteiger partial charge is 0.387 e. The van der Waals surface area contributed by atoms with E-state index >= 15 is 0 Å². The Morgan fingerprint density at radius 2 is 2.05 bits per heavy atom. The summed E-state index contributed by atoms with van der Waals surface area (Å²) in [4.78, 5) is 2.20. The van der Waals surface area contributed by atoms with Crippen LogP contribution in [0.25, 0.3) is 5.57 Å². The van der Waals surface area contributed by atoms with Crippen molar-refractivity contribution in [2.45, 2.75) is 12.5 Å². The molecule has 0 bridgehead atoms. The summed E-state index contributed by atoms with van der Waals surface area (Å²) in [5.74, 6) is -0.280. The van der Waals surface area contributed by atoms with Gasteiger partial charge in [-0.05, 0) is 35.8 Å². The molecule has 3 rings (SSSR count). The molecule has 116 valence electrons. The molecule has 1 aliphatic heterocycles. The highest BCUT2D eigenvalue weighted by Gasteiger charge is 2.18. The first-order chi connectivity index (χ1) is 10.6. The monoisotopic (exact) mass is 301 g/mol. The van der Waals surface area contributed by atoms with Gasteiger partial charge in [0, 0.05) is 32.9 Å². The molecule has 1 aromatic heterocycles. The second-order valence-corrected chi connectivity index (χ2v) is 5.65. The van der Waals surface area contributed by atoms with Crippen molar-refractivity contribution in [3.63, 3.8) is 0 Å². The molecule has 2 heterocycles. The van der Waals surface area contributed by atoms with Gasteiger partial charge in [0.15, 0.2) is 0 Å². The lowest BCUT2D eigenvalue weighted by Crippen LogP contribution is -2.32. The molecule has 0 amide bonds. The Morgan fingerprint density at radius 3 is 2.64 bits per heavy atom. The van der Waals surface area contributed by atoms with Crippen LogP contribution in [0.2, 0.25) is 0 Å². The van der Waals surface area contributed by atoms with Crippen molar-refractivity contribution in [2.24, 2.45) is 7.05 Å². The Morgan fingerprint density at radius 1 is 1.27 bits per heavy atom. The Kier molecular flexibility index (Phi) is 4.36. The van der Waals surface area contributed by atoms with Gasteiger partial charge in [-0.1, -0.05) is 18.2 Å². The Labute approximate surface area is 129 Å². The summed E-state index contributed by atoms with van der Waals surface area (Å²) >= 11 is 0. The van der Waals surface area contributed by atoms with Crippen LogP contribution >= 0.6 is 0 Å². The average Bonchev–Trinajstić information content (AvgIpc) is 2.95. The molecule has 1 unspecified atom stereocenters. The van der Waals surface area contributed by atoms with E-state index in [9.17, 15) is 9.50 Å². The van der Waals surface area contributed by atoms with E-state index in [1.807, 2.05) is 17.8 Å². The molecule has 0 saturated heterocycles. The molecule has 22 heavy (non-hydrogen) atoms. The maximum Gasteiger partial charge on any atom is 0.123 e. The fourth-order valence-electron chi connectivity index (χ4n) is 2.83. The van der Waals surface area contributed by atoms with Gasteiger partial charge in [-0.2, -0.15) is 5.10 Å². The minimum absolute atomic E-state index is 0.280. The van der Waals surface area contributed by atoms with Gasteiger partial charge in [0.1, 0.15) is 5.82 Å². The van der Waals surface area contributed by atoms with Crippen molar-refractivity contribution in [1.29, 1.82) is 0 Å². The number of rotatable bonds is 4. The Bertz CT molecular complexity index is 663. The van der Waals surface area contributed by atoms with Crippen LogP contribution in [0.4, 0.5) is 4.39 Å². The smallest absolute Gasteiger partial charge is 0.123 e. The number of aliphatic hydroxyl groups is 1. The minimum atomic E-state index is -0.591. The third-order valence-electron chi connectivity index (χ3n) is 4.13. The van der Waals surface area contributed by atoms with E-state index in [1.54, 1.807) is 18.3 Å². The number of aromatic nitrogens is 2. The van der Waals surface area contributed by atoms with Crippen molar-refractivity contribution >= 4 is 5.57 Å². The van der Waals surface area contributed by atoms with Crippen LogP contribution in [0.5, 0.6) is 0 Å². The predicted molar refractivity (Wildman–Crippen MR) is 83.6 cm³/mol. The molecule has 0 aliphatic carbocycles. The molecule has 0 fully saturated rings. The van der Waals surface area contributed by atoms with Crippen molar-refractivity contribution in [2.75, 3.05) is 19.6 Å². The number of hydrogen-bond donors (Lipinski definition) is 1. The van der Waals surface area contributed by atoms with Crippen LogP contribution in [0.3, 0.4) is 0 Å². The number of aliphatic hydroxyl groups excluding tert-OH is 1. The lowest BCUT2D eigenvalue weighted by molar-refractivity contribution is 0.119. The van der Waals surface area contributed by atoms with Gasteiger partial charge in [0.25, 0.3) is 0 Å². The number of benzene rings is 1. The lowest BCUT2D eigenvalue weighted by Gasteiger charge is -2.28. The summed E-state index contributed by atoms with van der Waals surface area (Å²) in [5, 5.41) is 14.5. The lowest BCUT2D eigenvalue weighted by atomic mass is 10.0. The highest BCUT2D eigenvalue weighted by atomic mass is 19.1. The number of halogens is 1. The van der Waals surface area contributed by atoms with E-state index in [1.165, 1.54) is 17.7 Å². The molecule has 1 aromatic carbocycles. The van der Waals surface area contributed by atoms with Gasteiger partial charge >= 0.3 is 0 Å². The Balaban J connectivity index is 1.60. The highest BCUT2D eigenvalue weighted by Crippen LogP contribution is 2.23. The Hall–Kier alpha value is -1.98. The van der Waals surface area contributed by atoms with Gasteiger partial charge in [0.05, 0.1) is 11.8 Å². The second-order valence-electron chi connectivity index (χ2n) is 5.65. The predicted octanol–water partition coefficient (Wildman–Crippen LogP) is 2.38. The summed E-state index contributed by atoms with van der Waals surface area (Å²) in [6.07, 6.45) is 4.35. The molecule has 1 atom stereocenters. The van der Waals surface area contributed by atoms with Crippen LogP contribution in [0.1, 0.15) is 23.8 Å². The molecule has 2 aromatic rings. The fourth-order valence-corrected chi connectivity index (χ4v) is 2.83. The van der Waals surface area contributed by atoms with E-state index in [0.717, 1.165) is 30.8 Å². The van der Waals surface area contributed by atoms with Crippen molar-refractivity contribution < 1.29 is 9.50 Å². The standard InChI is InChI=1S/C17H20FN3O/c1-20-16(6-9-19-20)13-7-10-21(11-8-13)12-17(22)14-2-4-15(18)5-3-14/h2-7,9,17,22H,8,10-12H2,1H3. The van der Waals surface area contributed by atoms with E-state index in [-0.39, 0.29) is 5.82 Å². The zero-order chi connectivity index (χ0) is 15.5. The maximum atomic E-state index is 12.9. The van der Waals surface area contributed by atoms with Gasteiger partial charge < -0.3 is 5.11 Å². The molecular formula is C17H20FN3O. The van der Waals surface area contributed by atoms with E-state index in [2.05, 4.69) is 16.1 Å². The van der Waals surface area contributed by atoms with Crippen molar-refractivity contribution in [1.82, 2.24) is 14.7 Å². The zero-order valence-electron chi connectivity index (χ0n) is 12.6. The van der Waals surface area contributed by atoms with Crippen molar-refractivity contribution in [3.8, 4) is 0 Å². The molecule has 0 saturated carbocycles. The maximum absolute atomic E-state index is 12.9.